The zero-order valence-corrected chi connectivity index (χ0v) is 15.9. The van der Waals surface area contributed by atoms with E-state index in [0.29, 0.717) is 40.6 Å². The van der Waals surface area contributed by atoms with E-state index in [4.69, 9.17) is 16.3 Å². The van der Waals surface area contributed by atoms with Crippen LogP contribution in [0.2, 0.25) is 5.02 Å². The van der Waals surface area contributed by atoms with E-state index in [2.05, 4.69) is 10.3 Å². The zero-order valence-electron chi connectivity index (χ0n) is 15.2. The number of benzene rings is 2. The Bertz CT molecular complexity index is 1080. The van der Waals surface area contributed by atoms with E-state index in [0.717, 1.165) is 16.8 Å². The molecule has 4 rings (SSSR count). The summed E-state index contributed by atoms with van der Waals surface area (Å²) in [4.78, 5) is 28.3. The standard InChI is InChI=1S/C22H17ClN2O3/c1-13-10-14(2-7-19(13)23)22(27)25-15-3-5-17(6-4-15)28-21-8-9-24-20-12-16(26)11-18(20)21/h2-10H,11-12H2,1H3,(H,25,27). The Balaban J connectivity index is 1.46. The van der Waals surface area contributed by atoms with Gasteiger partial charge >= 0.3 is 0 Å². The number of carbonyl (C=O) groups excluding carboxylic acids is 2. The van der Waals surface area contributed by atoms with Crippen LogP contribution in [0.3, 0.4) is 0 Å². The van der Waals surface area contributed by atoms with Gasteiger partial charge in [-0.15, -0.1) is 0 Å². The van der Waals surface area contributed by atoms with Gasteiger partial charge < -0.3 is 10.1 Å². The number of anilines is 1. The van der Waals surface area contributed by atoms with Crippen LogP contribution in [-0.4, -0.2) is 16.7 Å². The van der Waals surface area contributed by atoms with Gasteiger partial charge in [-0.1, -0.05) is 11.6 Å². The van der Waals surface area contributed by atoms with E-state index >= 15 is 0 Å². The van der Waals surface area contributed by atoms with Crippen molar-refractivity contribution < 1.29 is 14.3 Å². The van der Waals surface area contributed by atoms with Gasteiger partial charge in [0.1, 0.15) is 17.3 Å². The molecule has 1 aliphatic carbocycles. The first-order valence-corrected chi connectivity index (χ1v) is 9.21. The lowest BCUT2D eigenvalue weighted by molar-refractivity contribution is -0.117. The Hall–Kier alpha value is -3.18. The van der Waals surface area contributed by atoms with Crippen LogP contribution in [-0.2, 0) is 17.6 Å². The van der Waals surface area contributed by atoms with Crippen molar-refractivity contribution >= 4 is 29.0 Å². The summed E-state index contributed by atoms with van der Waals surface area (Å²) in [6, 6.07) is 14.0. The first-order valence-electron chi connectivity index (χ1n) is 8.83. The smallest absolute Gasteiger partial charge is 0.255 e. The highest BCUT2D eigenvalue weighted by molar-refractivity contribution is 6.31. The molecule has 0 spiro atoms. The first-order chi connectivity index (χ1) is 13.5. The SMILES string of the molecule is Cc1cc(C(=O)Nc2ccc(Oc3ccnc4c3CC(=O)C4)cc2)ccc1Cl. The van der Waals surface area contributed by atoms with Gasteiger partial charge in [0.05, 0.1) is 5.69 Å². The zero-order chi connectivity index (χ0) is 19.7. The maximum atomic E-state index is 12.4. The van der Waals surface area contributed by atoms with Gasteiger partial charge in [0, 0.05) is 40.9 Å². The average molecular weight is 393 g/mol. The molecule has 1 aliphatic rings. The summed E-state index contributed by atoms with van der Waals surface area (Å²) >= 11 is 6.00. The highest BCUT2D eigenvalue weighted by Crippen LogP contribution is 2.31. The van der Waals surface area contributed by atoms with Crippen molar-refractivity contribution in [3.8, 4) is 11.5 Å². The molecule has 1 aromatic heterocycles. The first kappa shape index (κ1) is 18.2. The molecule has 0 atom stereocenters. The Kier molecular flexibility index (Phi) is 4.84. The number of Topliss-reactive ketones (excluding diaryl/α,β-unsaturated/α-hetero) is 1. The van der Waals surface area contributed by atoms with Crippen LogP contribution in [0.15, 0.2) is 54.7 Å². The number of nitrogens with one attached hydrogen (secondary N) is 1. The third-order valence-corrected chi connectivity index (χ3v) is 5.02. The quantitative estimate of drug-likeness (QED) is 0.695. The Labute approximate surface area is 167 Å². The van der Waals surface area contributed by atoms with Crippen LogP contribution in [0.4, 0.5) is 5.69 Å². The van der Waals surface area contributed by atoms with E-state index in [1.165, 1.54) is 0 Å². The van der Waals surface area contributed by atoms with Gasteiger partial charge in [-0.2, -0.15) is 0 Å². The van der Waals surface area contributed by atoms with Crippen LogP contribution < -0.4 is 10.1 Å². The molecule has 140 valence electrons. The van der Waals surface area contributed by atoms with Crippen molar-refractivity contribution in [2.45, 2.75) is 19.8 Å². The Morgan fingerprint density at radius 2 is 1.89 bits per heavy atom. The number of hydrogen-bond acceptors (Lipinski definition) is 4. The maximum absolute atomic E-state index is 12.4. The molecule has 1 N–H and O–H groups in total. The molecule has 0 fully saturated rings. The lowest BCUT2D eigenvalue weighted by Gasteiger charge is -2.11. The summed E-state index contributed by atoms with van der Waals surface area (Å²) < 4.78 is 5.92. The van der Waals surface area contributed by atoms with Crippen molar-refractivity contribution in [2.24, 2.45) is 0 Å². The molecule has 0 saturated heterocycles. The largest absolute Gasteiger partial charge is 0.457 e. The molecule has 0 unspecified atom stereocenters. The molecule has 1 heterocycles. The number of rotatable bonds is 4. The molecule has 3 aromatic rings. The third-order valence-electron chi connectivity index (χ3n) is 4.60. The molecule has 28 heavy (non-hydrogen) atoms. The van der Waals surface area contributed by atoms with Crippen LogP contribution in [0.1, 0.15) is 27.2 Å². The number of amides is 1. The van der Waals surface area contributed by atoms with E-state index in [9.17, 15) is 9.59 Å². The fraction of sp³-hybridized carbons (Fsp3) is 0.136. The number of aryl methyl sites for hydroxylation is 1. The van der Waals surface area contributed by atoms with Gasteiger partial charge in [0.2, 0.25) is 0 Å². The lowest BCUT2D eigenvalue weighted by Crippen LogP contribution is -2.11. The highest BCUT2D eigenvalue weighted by Gasteiger charge is 2.23. The molecular weight excluding hydrogens is 376 g/mol. The second kappa shape index (κ2) is 7.44. The molecule has 0 radical (unpaired) electrons. The van der Waals surface area contributed by atoms with Crippen molar-refractivity contribution in [2.75, 3.05) is 5.32 Å². The number of pyridine rings is 1. The Morgan fingerprint density at radius 1 is 1.11 bits per heavy atom. The number of aromatic nitrogens is 1. The maximum Gasteiger partial charge on any atom is 0.255 e. The summed E-state index contributed by atoms with van der Waals surface area (Å²) in [7, 11) is 0. The predicted molar refractivity (Wildman–Crippen MR) is 107 cm³/mol. The third kappa shape index (κ3) is 3.75. The summed E-state index contributed by atoms with van der Waals surface area (Å²) in [5, 5.41) is 3.48. The van der Waals surface area contributed by atoms with E-state index in [1.807, 2.05) is 6.92 Å². The highest BCUT2D eigenvalue weighted by atomic mass is 35.5. The van der Waals surface area contributed by atoms with Gasteiger partial charge in [-0.05, 0) is 61.0 Å². The summed E-state index contributed by atoms with van der Waals surface area (Å²) in [6.07, 6.45) is 2.37. The second-order valence-corrected chi connectivity index (χ2v) is 7.08. The number of halogens is 1. The lowest BCUT2D eigenvalue weighted by atomic mass is 10.1. The van der Waals surface area contributed by atoms with Crippen molar-refractivity contribution in [1.82, 2.24) is 4.98 Å². The van der Waals surface area contributed by atoms with Crippen molar-refractivity contribution in [3.63, 3.8) is 0 Å². The van der Waals surface area contributed by atoms with E-state index in [-0.39, 0.29) is 11.7 Å². The molecule has 6 heteroatoms. The predicted octanol–water partition coefficient (Wildman–Crippen LogP) is 4.76. The number of carbonyl (C=O) groups is 2. The molecule has 0 saturated carbocycles. The monoisotopic (exact) mass is 392 g/mol. The number of ketones is 1. The number of hydrogen-bond donors (Lipinski definition) is 1. The van der Waals surface area contributed by atoms with E-state index in [1.54, 1.807) is 54.7 Å². The molecule has 1 amide bonds. The minimum atomic E-state index is -0.209. The fourth-order valence-corrected chi connectivity index (χ4v) is 3.24. The fourth-order valence-electron chi connectivity index (χ4n) is 3.12. The molecule has 2 aromatic carbocycles. The normalized spacial score (nSPS) is 12.6. The van der Waals surface area contributed by atoms with Crippen LogP contribution in [0.5, 0.6) is 11.5 Å². The van der Waals surface area contributed by atoms with Gasteiger partial charge in [-0.25, -0.2) is 0 Å². The van der Waals surface area contributed by atoms with Crippen molar-refractivity contribution in [3.05, 3.63) is 82.1 Å². The number of fused-ring (bicyclic) bond motifs is 1. The minimum absolute atomic E-state index is 0.147. The number of ether oxygens (including phenoxy) is 1. The van der Waals surface area contributed by atoms with Gasteiger partial charge in [0.15, 0.2) is 0 Å². The van der Waals surface area contributed by atoms with Crippen LogP contribution in [0, 0.1) is 6.92 Å². The van der Waals surface area contributed by atoms with Crippen LogP contribution in [0.25, 0.3) is 0 Å². The van der Waals surface area contributed by atoms with Crippen molar-refractivity contribution in [1.29, 1.82) is 0 Å². The molecular formula is C22H17ClN2O3. The summed E-state index contributed by atoms with van der Waals surface area (Å²) in [6.45, 7) is 1.86. The molecule has 0 aliphatic heterocycles. The summed E-state index contributed by atoms with van der Waals surface area (Å²) in [5.41, 5.74) is 3.67. The topological polar surface area (TPSA) is 68.3 Å². The average Bonchev–Trinajstić information content (AvgIpc) is 3.07. The molecule has 0 bridgehead atoms. The molecule has 5 nitrogen and oxygen atoms in total. The van der Waals surface area contributed by atoms with Gasteiger partial charge in [0.25, 0.3) is 5.91 Å². The van der Waals surface area contributed by atoms with E-state index < -0.39 is 0 Å². The second-order valence-electron chi connectivity index (χ2n) is 6.67. The Morgan fingerprint density at radius 3 is 2.64 bits per heavy atom. The van der Waals surface area contributed by atoms with Crippen LogP contribution >= 0.6 is 11.6 Å². The van der Waals surface area contributed by atoms with Gasteiger partial charge in [-0.3, -0.25) is 14.6 Å². The minimum Gasteiger partial charge on any atom is -0.457 e. The summed E-state index contributed by atoms with van der Waals surface area (Å²) in [5.74, 6) is 1.20. The number of nitrogens with zero attached hydrogens (tertiary/aromatic N) is 1.